The first-order valence-corrected chi connectivity index (χ1v) is 5.87. The first kappa shape index (κ1) is 11.6. The first-order chi connectivity index (χ1) is 7.47. The monoisotopic (exact) mass is 223 g/mol. The Labute approximate surface area is 96.8 Å². The molecule has 0 bridgehead atoms. The second-order valence-corrected chi connectivity index (χ2v) is 5.53. The summed E-state index contributed by atoms with van der Waals surface area (Å²) in [4.78, 5) is 2.39. The maximum absolute atomic E-state index is 6.11. The van der Waals surface area contributed by atoms with Crippen LogP contribution in [0.1, 0.15) is 31.7 Å². The van der Waals surface area contributed by atoms with E-state index in [0.717, 1.165) is 37.5 Å². The summed E-state index contributed by atoms with van der Waals surface area (Å²) < 4.78 is 5.24. The molecule has 1 saturated heterocycles. The number of nitrogens with zero attached hydrogens (tertiary/aromatic N) is 2. The van der Waals surface area contributed by atoms with Crippen LogP contribution in [0.2, 0.25) is 0 Å². The van der Waals surface area contributed by atoms with Gasteiger partial charge in [-0.3, -0.25) is 4.90 Å². The van der Waals surface area contributed by atoms with Crippen molar-refractivity contribution in [2.75, 3.05) is 13.1 Å². The van der Waals surface area contributed by atoms with Crippen LogP contribution in [-0.2, 0) is 6.54 Å². The molecule has 2 heterocycles. The third-order valence-electron chi connectivity index (χ3n) is 3.45. The fourth-order valence-corrected chi connectivity index (χ4v) is 2.33. The lowest BCUT2D eigenvalue weighted by atomic mass is 9.80. The molecule has 2 rings (SSSR count). The van der Waals surface area contributed by atoms with Gasteiger partial charge in [0, 0.05) is 25.2 Å². The van der Waals surface area contributed by atoms with Crippen molar-refractivity contribution in [2.45, 2.75) is 39.8 Å². The second-order valence-electron chi connectivity index (χ2n) is 5.53. The van der Waals surface area contributed by atoms with Gasteiger partial charge in [0.1, 0.15) is 0 Å². The van der Waals surface area contributed by atoms with Crippen LogP contribution in [0.3, 0.4) is 0 Å². The Balaban J connectivity index is 1.97. The molecule has 1 aliphatic rings. The van der Waals surface area contributed by atoms with Gasteiger partial charge in [-0.05, 0) is 18.8 Å². The first-order valence-electron chi connectivity index (χ1n) is 5.87. The largest absolute Gasteiger partial charge is 0.360 e. The van der Waals surface area contributed by atoms with Crippen molar-refractivity contribution < 1.29 is 4.52 Å². The van der Waals surface area contributed by atoms with Crippen molar-refractivity contribution in [3.05, 3.63) is 17.5 Å². The summed E-state index contributed by atoms with van der Waals surface area (Å²) in [6.45, 7) is 9.32. The summed E-state index contributed by atoms with van der Waals surface area (Å²) in [7, 11) is 0. The maximum atomic E-state index is 6.11. The third kappa shape index (κ3) is 2.44. The summed E-state index contributed by atoms with van der Waals surface area (Å²) in [5, 5.41) is 3.91. The Morgan fingerprint density at radius 3 is 2.94 bits per heavy atom. The number of rotatable bonds is 2. The zero-order chi connectivity index (χ0) is 11.8. The minimum atomic E-state index is 0.188. The number of piperidine rings is 1. The molecule has 4 heteroatoms. The number of nitrogens with two attached hydrogens (primary N) is 1. The van der Waals surface area contributed by atoms with Gasteiger partial charge in [0.05, 0.1) is 12.2 Å². The molecular formula is C12H21N3O. The molecule has 0 aliphatic carbocycles. The van der Waals surface area contributed by atoms with Crippen molar-refractivity contribution in [1.82, 2.24) is 10.1 Å². The molecule has 0 aromatic carbocycles. The Morgan fingerprint density at radius 2 is 2.38 bits per heavy atom. The van der Waals surface area contributed by atoms with Crippen molar-refractivity contribution in [1.29, 1.82) is 0 Å². The maximum Gasteiger partial charge on any atom is 0.150 e. The van der Waals surface area contributed by atoms with E-state index in [0.29, 0.717) is 6.04 Å². The quantitative estimate of drug-likeness (QED) is 0.826. The smallest absolute Gasteiger partial charge is 0.150 e. The van der Waals surface area contributed by atoms with Gasteiger partial charge in [0.25, 0.3) is 0 Å². The third-order valence-corrected chi connectivity index (χ3v) is 3.45. The molecule has 1 fully saturated rings. The van der Waals surface area contributed by atoms with E-state index < -0.39 is 0 Å². The predicted molar refractivity (Wildman–Crippen MR) is 62.9 cm³/mol. The number of likely N-dealkylation sites (tertiary alicyclic amines) is 1. The van der Waals surface area contributed by atoms with Crippen LogP contribution in [0, 0.1) is 12.3 Å². The van der Waals surface area contributed by atoms with Crippen LogP contribution in [-0.4, -0.2) is 29.2 Å². The SMILES string of the molecule is Cc1cc(CN2CCC(N)C(C)(C)C2)on1. The van der Waals surface area contributed by atoms with Gasteiger partial charge in [-0.1, -0.05) is 19.0 Å². The number of aryl methyl sites for hydroxylation is 1. The minimum absolute atomic E-state index is 0.188. The summed E-state index contributed by atoms with van der Waals surface area (Å²) >= 11 is 0. The van der Waals surface area contributed by atoms with Crippen molar-refractivity contribution in [2.24, 2.45) is 11.1 Å². The van der Waals surface area contributed by atoms with E-state index in [4.69, 9.17) is 10.3 Å². The number of hydrogen-bond acceptors (Lipinski definition) is 4. The van der Waals surface area contributed by atoms with Crippen LogP contribution in [0.25, 0.3) is 0 Å². The Kier molecular flexibility index (Phi) is 3.04. The molecule has 0 amide bonds. The number of aromatic nitrogens is 1. The Bertz CT molecular complexity index is 359. The van der Waals surface area contributed by atoms with E-state index in [1.54, 1.807) is 0 Å². The van der Waals surface area contributed by atoms with E-state index in [-0.39, 0.29) is 5.41 Å². The molecule has 0 spiro atoms. The molecule has 1 unspecified atom stereocenters. The lowest BCUT2D eigenvalue weighted by Gasteiger charge is -2.42. The van der Waals surface area contributed by atoms with Gasteiger partial charge in [-0.2, -0.15) is 0 Å². The predicted octanol–water partition coefficient (Wildman–Crippen LogP) is 1.54. The lowest BCUT2D eigenvalue weighted by molar-refractivity contribution is 0.0826. The summed E-state index contributed by atoms with van der Waals surface area (Å²) in [5.41, 5.74) is 7.24. The normalized spacial score (nSPS) is 25.9. The van der Waals surface area contributed by atoms with Gasteiger partial charge >= 0.3 is 0 Å². The second kappa shape index (κ2) is 4.18. The molecule has 16 heavy (non-hydrogen) atoms. The summed E-state index contributed by atoms with van der Waals surface area (Å²) in [6.07, 6.45) is 1.06. The molecule has 0 radical (unpaired) electrons. The molecule has 1 aromatic heterocycles. The molecule has 0 saturated carbocycles. The average Bonchev–Trinajstić information content (AvgIpc) is 2.57. The minimum Gasteiger partial charge on any atom is -0.360 e. The molecule has 90 valence electrons. The van der Waals surface area contributed by atoms with Gasteiger partial charge < -0.3 is 10.3 Å². The Hall–Kier alpha value is -0.870. The van der Waals surface area contributed by atoms with Crippen molar-refractivity contribution in [3.8, 4) is 0 Å². The standard InChI is InChI=1S/C12H21N3O/c1-9-6-10(16-14-9)7-15-5-4-11(13)12(2,3)8-15/h6,11H,4-5,7-8,13H2,1-3H3. The highest BCUT2D eigenvalue weighted by atomic mass is 16.5. The fourth-order valence-electron chi connectivity index (χ4n) is 2.33. The molecule has 1 aliphatic heterocycles. The van der Waals surface area contributed by atoms with Crippen LogP contribution >= 0.6 is 0 Å². The van der Waals surface area contributed by atoms with E-state index >= 15 is 0 Å². The number of hydrogen-bond donors (Lipinski definition) is 1. The topological polar surface area (TPSA) is 55.3 Å². The average molecular weight is 223 g/mol. The zero-order valence-electron chi connectivity index (χ0n) is 10.4. The van der Waals surface area contributed by atoms with Gasteiger partial charge in [0.2, 0.25) is 0 Å². The van der Waals surface area contributed by atoms with Gasteiger partial charge in [0.15, 0.2) is 5.76 Å². The molecule has 2 N–H and O–H groups in total. The zero-order valence-corrected chi connectivity index (χ0v) is 10.4. The highest BCUT2D eigenvalue weighted by Gasteiger charge is 2.33. The van der Waals surface area contributed by atoms with E-state index in [2.05, 4.69) is 23.9 Å². The van der Waals surface area contributed by atoms with E-state index in [1.165, 1.54) is 0 Å². The lowest BCUT2D eigenvalue weighted by Crippen LogP contribution is -2.51. The van der Waals surface area contributed by atoms with Crippen LogP contribution in [0.15, 0.2) is 10.6 Å². The molecule has 4 nitrogen and oxygen atoms in total. The van der Waals surface area contributed by atoms with Crippen LogP contribution < -0.4 is 5.73 Å². The summed E-state index contributed by atoms with van der Waals surface area (Å²) in [6, 6.07) is 2.31. The molecule has 1 aromatic rings. The Morgan fingerprint density at radius 1 is 1.62 bits per heavy atom. The van der Waals surface area contributed by atoms with Gasteiger partial charge in [-0.25, -0.2) is 0 Å². The summed E-state index contributed by atoms with van der Waals surface area (Å²) in [5.74, 6) is 0.948. The highest BCUT2D eigenvalue weighted by molar-refractivity contribution is 5.03. The van der Waals surface area contributed by atoms with Crippen LogP contribution in [0.4, 0.5) is 0 Å². The highest BCUT2D eigenvalue weighted by Crippen LogP contribution is 2.28. The fraction of sp³-hybridized carbons (Fsp3) is 0.750. The van der Waals surface area contributed by atoms with Crippen molar-refractivity contribution in [3.63, 3.8) is 0 Å². The van der Waals surface area contributed by atoms with Crippen molar-refractivity contribution >= 4 is 0 Å². The molecule has 1 atom stereocenters. The van der Waals surface area contributed by atoms with E-state index in [1.807, 2.05) is 13.0 Å². The van der Waals surface area contributed by atoms with E-state index in [9.17, 15) is 0 Å². The molecular weight excluding hydrogens is 202 g/mol. The van der Waals surface area contributed by atoms with Gasteiger partial charge in [-0.15, -0.1) is 0 Å². The van der Waals surface area contributed by atoms with Crippen LogP contribution in [0.5, 0.6) is 0 Å².